The van der Waals surface area contributed by atoms with Gasteiger partial charge in [0.15, 0.2) is 0 Å². The fourth-order valence-corrected chi connectivity index (χ4v) is 3.98. The Hall–Kier alpha value is -1.39. The molecule has 0 saturated heterocycles. The average Bonchev–Trinajstić information content (AvgIpc) is 2.91. The maximum Gasteiger partial charge on any atom is 0.211 e. The molecule has 10 heteroatoms. The summed E-state index contributed by atoms with van der Waals surface area (Å²) in [6.45, 7) is 13.2. The number of anilines is 1. The molecule has 7 N–H and O–H groups in total. The van der Waals surface area contributed by atoms with Gasteiger partial charge in [-0.2, -0.15) is 0 Å². The van der Waals surface area contributed by atoms with Gasteiger partial charge < -0.3 is 21.5 Å². The Morgan fingerprint density at radius 1 is 1.10 bits per heavy atom. The lowest BCUT2D eigenvalue weighted by Gasteiger charge is -2.23. The van der Waals surface area contributed by atoms with Crippen LogP contribution in [0.2, 0.25) is 10.0 Å². The molecule has 0 heterocycles. The summed E-state index contributed by atoms with van der Waals surface area (Å²) in [7, 11) is 1.00. The predicted molar refractivity (Wildman–Crippen MR) is 179 cm³/mol. The normalized spacial score (nSPS) is 14.2. The zero-order chi connectivity index (χ0) is 32.0. The van der Waals surface area contributed by atoms with Crippen LogP contribution in [0.3, 0.4) is 0 Å². The van der Waals surface area contributed by atoms with Crippen LogP contribution in [0, 0.1) is 11.2 Å². The largest absolute Gasteiger partial charge is 0.400 e. The van der Waals surface area contributed by atoms with E-state index in [9.17, 15) is 9.18 Å². The molecule has 236 valence electrons. The highest BCUT2D eigenvalue weighted by Gasteiger charge is 2.19. The molecule has 0 aliphatic heterocycles. The molecule has 1 aliphatic rings. The van der Waals surface area contributed by atoms with Gasteiger partial charge in [-0.25, -0.2) is 4.39 Å². The summed E-state index contributed by atoms with van der Waals surface area (Å²) < 4.78 is 14.2. The van der Waals surface area contributed by atoms with E-state index in [1.54, 1.807) is 24.3 Å². The zero-order valence-corrected chi connectivity index (χ0v) is 28.4. The molecule has 2 atom stereocenters. The van der Waals surface area contributed by atoms with Crippen molar-refractivity contribution in [2.75, 3.05) is 18.7 Å². The number of nitrogens with two attached hydrogens (primary N) is 2. The number of carbonyl (C=O) groups is 1. The van der Waals surface area contributed by atoms with Crippen LogP contribution in [0.5, 0.6) is 0 Å². The molecular formula is C31H53Cl2FN4O2S. The highest BCUT2D eigenvalue weighted by Crippen LogP contribution is 2.27. The van der Waals surface area contributed by atoms with Gasteiger partial charge in [0.25, 0.3) is 0 Å². The lowest BCUT2D eigenvalue weighted by Crippen LogP contribution is -2.31. The van der Waals surface area contributed by atoms with Crippen LogP contribution in [-0.2, 0) is 11.3 Å². The van der Waals surface area contributed by atoms with Gasteiger partial charge >= 0.3 is 0 Å². The fourth-order valence-electron chi connectivity index (χ4n) is 3.62. The molecule has 1 aliphatic carbocycles. The van der Waals surface area contributed by atoms with E-state index in [2.05, 4.69) is 38.3 Å². The van der Waals surface area contributed by atoms with Crippen LogP contribution >= 0.6 is 35.1 Å². The van der Waals surface area contributed by atoms with E-state index in [4.69, 9.17) is 39.2 Å². The highest BCUT2D eigenvalue weighted by molar-refractivity contribution is 7.96. The quantitative estimate of drug-likeness (QED) is 0.155. The number of halogens is 3. The van der Waals surface area contributed by atoms with Crippen molar-refractivity contribution in [3.8, 4) is 0 Å². The van der Waals surface area contributed by atoms with Crippen molar-refractivity contribution in [1.29, 1.82) is 0 Å². The van der Waals surface area contributed by atoms with Gasteiger partial charge in [0.05, 0.1) is 5.02 Å². The van der Waals surface area contributed by atoms with Crippen molar-refractivity contribution >= 4 is 47.2 Å². The van der Waals surface area contributed by atoms with Crippen molar-refractivity contribution in [3.05, 3.63) is 63.4 Å². The molecular weight excluding hydrogens is 582 g/mol. The Kier molecular flexibility index (Phi) is 24.5. The second kappa shape index (κ2) is 24.1. The van der Waals surface area contributed by atoms with Gasteiger partial charge in [-0.05, 0) is 66.7 Å². The number of rotatable bonds is 7. The first-order valence-electron chi connectivity index (χ1n) is 13.8. The molecule has 1 fully saturated rings. The first-order valence-corrected chi connectivity index (χ1v) is 15.9. The number of aliphatic hydroxyl groups is 1. The Bertz CT molecular complexity index is 952. The third-order valence-electron chi connectivity index (χ3n) is 5.77. The van der Waals surface area contributed by atoms with E-state index in [-0.39, 0.29) is 22.8 Å². The lowest BCUT2D eigenvalue weighted by molar-refractivity contribution is -0.105. The summed E-state index contributed by atoms with van der Waals surface area (Å²) in [6, 6.07) is 10.9. The van der Waals surface area contributed by atoms with E-state index in [0.29, 0.717) is 40.7 Å². The van der Waals surface area contributed by atoms with Gasteiger partial charge in [-0.1, -0.05) is 107 Å². The van der Waals surface area contributed by atoms with E-state index in [0.717, 1.165) is 12.7 Å². The van der Waals surface area contributed by atoms with Gasteiger partial charge in [0.1, 0.15) is 5.82 Å². The molecule has 3 rings (SSSR count). The smallest absolute Gasteiger partial charge is 0.211 e. The molecule has 0 aromatic heterocycles. The van der Waals surface area contributed by atoms with E-state index < -0.39 is 0 Å². The number of benzene rings is 2. The summed E-state index contributed by atoms with van der Waals surface area (Å²) in [4.78, 5) is 10.7. The monoisotopic (exact) mass is 634 g/mol. The van der Waals surface area contributed by atoms with Crippen LogP contribution in [0.25, 0.3) is 0 Å². The average molecular weight is 636 g/mol. The van der Waals surface area contributed by atoms with E-state index in [1.165, 1.54) is 50.1 Å². The molecule has 41 heavy (non-hydrogen) atoms. The number of carbonyl (C=O) groups excluding carboxylic acids is 1. The molecule has 0 radical (unpaired) electrons. The standard InChI is InChI=1S/C18H19Cl2FN2O.C6H13N.C5H12.CH5NS.CH4O/c1-11(15-4-3-5-16(20)18(15)21)12(2)22-9-13-6-7-14(19)8-17(13)23-10-24;7-6-4-2-1-3-5-6;1-5(2,3)4;1-3-2;1-2/h3-8,10-12,22H,9H2,1-2H3,(H,23,24);6H,1-5,7H2;1-4H3;2H2,1H3;2H,1H3/t11?,12-;;;;/m0..../s1. The van der Waals surface area contributed by atoms with Crippen molar-refractivity contribution in [1.82, 2.24) is 5.32 Å². The molecule has 0 spiro atoms. The Morgan fingerprint density at radius 2 is 1.63 bits per heavy atom. The van der Waals surface area contributed by atoms with Crippen LogP contribution in [0.4, 0.5) is 10.1 Å². The summed E-state index contributed by atoms with van der Waals surface area (Å²) in [5, 5.41) is 18.4. The Balaban J connectivity index is 0. The minimum Gasteiger partial charge on any atom is -0.400 e. The maximum absolute atomic E-state index is 14.2. The number of hydrogen-bond acceptors (Lipinski definition) is 6. The number of hydrogen-bond donors (Lipinski definition) is 5. The molecule has 1 saturated carbocycles. The van der Waals surface area contributed by atoms with Crippen LogP contribution in [0.1, 0.15) is 90.7 Å². The Labute approximate surface area is 262 Å². The minimum atomic E-state index is -0.380. The summed E-state index contributed by atoms with van der Waals surface area (Å²) >= 11 is 13.1. The topological polar surface area (TPSA) is 113 Å². The van der Waals surface area contributed by atoms with Crippen molar-refractivity contribution in [3.63, 3.8) is 0 Å². The molecule has 1 amide bonds. The third-order valence-corrected chi connectivity index (χ3v) is 6.30. The minimum absolute atomic E-state index is 0.00211. The second-order valence-electron chi connectivity index (χ2n) is 11.3. The first kappa shape index (κ1) is 41.7. The number of nitrogens with one attached hydrogen (secondary N) is 2. The second-order valence-corrected chi connectivity index (χ2v) is 12.6. The number of aliphatic hydroxyl groups excluding tert-OH is 1. The summed E-state index contributed by atoms with van der Waals surface area (Å²) in [5.41, 5.74) is 8.26. The van der Waals surface area contributed by atoms with Crippen molar-refractivity contribution in [2.24, 2.45) is 16.3 Å². The van der Waals surface area contributed by atoms with E-state index in [1.807, 2.05) is 26.2 Å². The van der Waals surface area contributed by atoms with E-state index >= 15 is 0 Å². The number of amides is 1. The fraction of sp³-hybridized carbons (Fsp3) is 0.581. The van der Waals surface area contributed by atoms with Gasteiger partial charge in [0, 0.05) is 36.4 Å². The van der Waals surface area contributed by atoms with Crippen LogP contribution in [-0.4, -0.2) is 37.0 Å². The van der Waals surface area contributed by atoms with Crippen molar-refractivity contribution < 1.29 is 14.3 Å². The molecule has 6 nitrogen and oxygen atoms in total. The Morgan fingerprint density at radius 3 is 2.10 bits per heavy atom. The third kappa shape index (κ3) is 21.0. The SMILES string of the molecule is CC(C)(C)C.CC(c1cccc(Cl)c1F)[C@H](C)NCc1ccc(Cl)cc1NC=O.CO.CSN.NC1CCCCC1. The first-order chi connectivity index (χ1) is 19.2. The lowest BCUT2D eigenvalue weighted by atomic mass is 9.93. The van der Waals surface area contributed by atoms with Gasteiger partial charge in [0.2, 0.25) is 6.41 Å². The van der Waals surface area contributed by atoms with Gasteiger partial charge in [-0.15, -0.1) is 0 Å². The predicted octanol–water partition coefficient (Wildman–Crippen LogP) is 8.14. The molecule has 2 aromatic rings. The highest BCUT2D eigenvalue weighted by atomic mass is 35.5. The zero-order valence-electron chi connectivity index (χ0n) is 26.1. The summed E-state index contributed by atoms with van der Waals surface area (Å²) in [5.74, 6) is -0.450. The maximum atomic E-state index is 14.2. The van der Waals surface area contributed by atoms with Crippen molar-refractivity contribution in [2.45, 2.75) is 98.2 Å². The summed E-state index contributed by atoms with van der Waals surface area (Å²) in [6.07, 6.45) is 9.10. The van der Waals surface area contributed by atoms with Crippen LogP contribution in [0.15, 0.2) is 36.4 Å². The molecule has 2 aromatic carbocycles. The van der Waals surface area contributed by atoms with Crippen LogP contribution < -0.4 is 21.5 Å². The molecule has 1 unspecified atom stereocenters. The molecule has 0 bridgehead atoms. The van der Waals surface area contributed by atoms with Gasteiger partial charge in [-0.3, -0.25) is 9.93 Å².